The molecule has 35 heavy (non-hydrogen) atoms. The maximum absolute atomic E-state index is 13.9. The first-order valence-corrected chi connectivity index (χ1v) is 11.9. The Labute approximate surface area is 204 Å². The van der Waals surface area contributed by atoms with Crippen LogP contribution in [0.1, 0.15) is 35.8 Å². The summed E-state index contributed by atoms with van der Waals surface area (Å²) in [6.45, 7) is 3.60. The molecule has 2 aliphatic heterocycles. The Hall–Kier alpha value is -3.52. The molecule has 1 fully saturated rings. The van der Waals surface area contributed by atoms with Gasteiger partial charge in [-0.2, -0.15) is 0 Å². The molecule has 1 aromatic heterocycles. The zero-order chi connectivity index (χ0) is 24.6. The van der Waals surface area contributed by atoms with Gasteiger partial charge >= 0.3 is 0 Å². The van der Waals surface area contributed by atoms with Crippen LogP contribution in [0, 0.1) is 0 Å². The van der Waals surface area contributed by atoms with Crippen LogP contribution in [0.5, 0.6) is 11.5 Å². The number of amides is 2. The molecule has 8 heteroatoms. The number of aromatic nitrogens is 1. The van der Waals surface area contributed by atoms with Crippen molar-refractivity contribution in [3.63, 3.8) is 0 Å². The third-order valence-electron chi connectivity index (χ3n) is 7.12. The van der Waals surface area contributed by atoms with E-state index in [2.05, 4.69) is 5.32 Å². The van der Waals surface area contributed by atoms with Crippen LogP contribution in [-0.2, 0) is 22.6 Å². The number of ether oxygens (including phenoxy) is 3. The number of nitrogens with zero attached hydrogens (tertiary/aromatic N) is 2. The molecule has 2 amide bonds. The van der Waals surface area contributed by atoms with Crippen molar-refractivity contribution in [1.82, 2.24) is 14.8 Å². The highest BCUT2D eigenvalue weighted by atomic mass is 16.5. The minimum absolute atomic E-state index is 0.0147. The van der Waals surface area contributed by atoms with E-state index in [9.17, 15) is 9.59 Å². The summed E-state index contributed by atoms with van der Waals surface area (Å²) in [6, 6.07) is 15.2. The van der Waals surface area contributed by atoms with Crippen molar-refractivity contribution in [1.29, 1.82) is 0 Å². The predicted molar refractivity (Wildman–Crippen MR) is 132 cm³/mol. The summed E-state index contributed by atoms with van der Waals surface area (Å²) in [7, 11) is 3.23. The van der Waals surface area contributed by atoms with E-state index in [4.69, 9.17) is 14.2 Å². The number of carbonyl (C=O) groups excluding carboxylic acids is 2. The molecule has 0 spiro atoms. The average molecular weight is 478 g/mol. The highest BCUT2D eigenvalue weighted by Crippen LogP contribution is 2.35. The summed E-state index contributed by atoms with van der Waals surface area (Å²) >= 11 is 0. The van der Waals surface area contributed by atoms with Crippen molar-refractivity contribution in [2.75, 3.05) is 27.4 Å². The van der Waals surface area contributed by atoms with Gasteiger partial charge in [0.25, 0.3) is 5.91 Å². The second-order valence-corrected chi connectivity index (χ2v) is 9.40. The minimum atomic E-state index is -1.11. The molecular weight excluding hydrogens is 446 g/mol. The Kier molecular flexibility index (Phi) is 6.15. The van der Waals surface area contributed by atoms with Gasteiger partial charge in [0.05, 0.1) is 32.4 Å². The lowest BCUT2D eigenvalue weighted by molar-refractivity contribution is -0.133. The minimum Gasteiger partial charge on any atom is -0.497 e. The molecule has 2 aromatic carbocycles. The van der Waals surface area contributed by atoms with Crippen LogP contribution >= 0.6 is 0 Å². The monoisotopic (exact) mass is 477 g/mol. The predicted octanol–water partition coefficient (Wildman–Crippen LogP) is 3.37. The zero-order valence-electron chi connectivity index (χ0n) is 20.4. The molecule has 0 saturated carbocycles. The normalized spacial score (nSPS) is 21.7. The van der Waals surface area contributed by atoms with Crippen molar-refractivity contribution < 1.29 is 23.8 Å². The number of methoxy groups -OCH3 is 2. The number of benzene rings is 2. The average Bonchev–Trinajstić information content (AvgIpc) is 3.53. The molecule has 8 nitrogen and oxygen atoms in total. The van der Waals surface area contributed by atoms with E-state index in [1.54, 1.807) is 19.1 Å². The van der Waals surface area contributed by atoms with E-state index in [1.807, 2.05) is 60.0 Å². The number of carbonyl (C=O) groups is 2. The van der Waals surface area contributed by atoms with Gasteiger partial charge in [-0.15, -0.1) is 0 Å². The number of hydrogen-bond acceptors (Lipinski definition) is 5. The van der Waals surface area contributed by atoms with Crippen LogP contribution < -0.4 is 14.8 Å². The number of fused-ring (bicyclic) bond motifs is 3. The highest BCUT2D eigenvalue weighted by Gasteiger charge is 2.47. The van der Waals surface area contributed by atoms with Gasteiger partial charge in [0.15, 0.2) is 0 Å². The van der Waals surface area contributed by atoms with E-state index in [1.165, 1.54) is 0 Å². The molecule has 3 aromatic rings. The smallest absolute Gasteiger partial charge is 0.271 e. The van der Waals surface area contributed by atoms with Gasteiger partial charge in [-0.1, -0.05) is 12.1 Å². The third-order valence-corrected chi connectivity index (χ3v) is 7.12. The molecule has 0 bridgehead atoms. The topological polar surface area (TPSA) is 82.0 Å². The van der Waals surface area contributed by atoms with Crippen molar-refractivity contribution in [3.05, 3.63) is 59.8 Å². The molecule has 0 aliphatic carbocycles. The second-order valence-electron chi connectivity index (χ2n) is 9.40. The van der Waals surface area contributed by atoms with Crippen LogP contribution in [-0.4, -0.2) is 60.3 Å². The molecular formula is C27H31N3O5. The molecule has 0 unspecified atom stereocenters. The van der Waals surface area contributed by atoms with Crippen molar-refractivity contribution in [2.24, 2.45) is 0 Å². The Morgan fingerprint density at radius 1 is 1.14 bits per heavy atom. The van der Waals surface area contributed by atoms with Crippen LogP contribution in [0.15, 0.2) is 48.5 Å². The molecule has 2 aliphatic rings. The Morgan fingerprint density at radius 2 is 1.94 bits per heavy atom. The SMILES string of the molecule is COc1cccc(CN2C(=O)c3cc4ccc(OC)cc4n3C[C@]2(C)C(=O)NC[C@@H]2CCCO2)c1. The van der Waals surface area contributed by atoms with E-state index in [-0.39, 0.29) is 24.5 Å². The summed E-state index contributed by atoms with van der Waals surface area (Å²) < 4.78 is 18.4. The largest absolute Gasteiger partial charge is 0.497 e. The van der Waals surface area contributed by atoms with Gasteiger partial charge in [-0.3, -0.25) is 9.59 Å². The van der Waals surface area contributed by atoms with Crippen LogP contribution in [0.2, 0.25) is 0 Å². The lowest BCUT2D eigenvalue weighted by Gasteiger charge is -2.44. The van der Waals surface area contributed by atoms with Crippen LogP contribution in [0.3, 0.4) is 0 Å². The number of rotatable bonds is 7. The summed E-state index contributed by atoms with van der Waals surface area (Å²) in [5, 5.41) is 4.00. The summed E-state index contributed by atoms with van der Waals surface area (Å²) in [4.78, 5) is 29.3. The first kappa shape index (κ1) is 23.2. The fraction of sp³-hybridized carbons (Fsp3) is 0.407. The summed E-state index contributed by atoms with van der Waals surface area (Å²) in [5.41, 5.74) is 1.20. The quantitative estimate of drug-likeness (QED) is 0.564. The van der Waals surface area contributed by atoms with Crippen molar-refractivity contribution in [3.8, 4) is 11.5 Å². The maximum atomic E-state index is 13.9. The molecule has 1 saturated heterocycles. The fourth-order valence-electron chi connectivity index (χ4n) is 5.06. The van der Waals surface area contributed by atoms with Gasteiger partial charge in [0, 0.05) is 31.1 Å². The van der Waals surface area contributed by atoms with Gasteiger partial charge < -0.3 is 29.0 Å². The Balaban J connectivity index is 1.54. The first-order chi connectivity index (χ1) is 16.9. The Bertz CT molecular complexity index is 1260. The van der Waals surface area contributed by atoms with E-state index < -0.39 is 5.54 Å². The molecule has 1 N–H and O–H groups in total. The van der Waals surface area contributed by atoms with Gasteiger partial charge in [0.2, 0.25) is 5.91 Å². The maximum Gasteiger partial charge on any atom is 0.271 e. The highest BCUT2D eigenvalue weighted by molar-refractivity contribution is 6.03. The lowest BCUT2D eigenvalue weighted by atomic mass is 9.93. The summed E-state index contributed by atoms with van der Waals surface area (Å²) in [5.74, 6) is 1.02. The molecule has 5 rings (SSSR count). The fourth-order valence-corrected chi connectivity index (χ4v) is 5.06. The van der Waals surface area contributed by atoms with Gasteiger partial charge in [-0.05, 0) is 55.7 Å². The third kappa shape index (κ3) is 4.23. The standard InChI is InChI=1S/C27H31N3O5/c1-27(26(32)28-15-22-8-5-11-35-22)17-29-23-14-21(34-3)10-9-19(23)13-24(29)25(31)30(27)16-18-6-4-7-20(12-18)33-2/h4,6-7,9-10,12-14,22H,5,8,11,15-17H2,1-3H3,(H,28,32)/t22-,27+/m0/s1. The second kappa shape index (κ2) is 9.26. The molecule has 184 valence electrons. The zero-order valence-corrected chi connectivity index (χ0v) is 20.4. The van der Waals surface area contributed by atoms with Gasteiger partial charge in [0.1, 0.15) is 22.7 Å². The molecule has 0 radical (unpaired) electrons. The van der Waals surface area contributed by atoms with E-state index >= 15 is 0 Å². The van der Waals surface area contributed by atoms with E-state index in [0.29, 0.717) is 30.3 Å². The number of hydrogen-bond donors (Lipinski definition) is 1. The van der Waals surface area contributed by atoms with Gasteiger partial charge in [-0.25, -0.2) is 0 Å². The molecule has 3 heterocycles. The Morgan fingerprint density at radius 3 is 2.69 bits per heavy atom. The van der Waals surface area contributed by atoms with Crippen LogP contribution in [0.25, 0.3) is 10.9 Å². The first-order valence-electron chi connectivity index (χ1n) is 11.9. The van der Waals surface area contributed by atoms with Crippen molar-refractivity contribution in [2.45, 2.75) is 44.5 Å². The summed E-state index contributed by atoms with van der Waals surface area (Å²) in [6.07, 6.45) is 1.94. The number of nitrogens with one attached hydrogen (secondary N) is 1. The molecule has 2 atom stereocenters. The van der Waals surface area contributed by atoms with E-state index in [0.717, 1.165) is 35.9 Å². The van der Waals surface area contributed by atoms with Crippen LogP contribution in [0.4, 0.5) is 0 Å². The van der Waals surface area contributed by atoms with Crippen molar-refractivity contribution >= 4 is 22.7 Å². The lowest BCUT2D eigenvalue weighted by Crippen LogP contribution is -2.64.